The van der Waals surface area contributed by atoms with Crippen molar-refractivity contribution in [1.29, 1.82) is 21.0 Å². The summed E-state index contributed by atoms with van der Waals surface area (Å²) in [6.45, 7) is 0. The highest BCUT2D eigenvalue weighted by atomic mass is 16.3. The Kier molecular flexibility index (Phi) is 18.7. The van der Waals surface area contributed by atoms with Crippen LogP contribution in [0.4, 0.5) is 0 Å². The van der Waals surface area contributed by atoms with Gasteiger partial charge in [0.1, 0.15) is 80.3 Å². The highest BCUT2D eigenvalue weighted by Crippen LogP contribution is 2.49. The van der Waals surface area contributed by atoms with Crippen LogP contribution < -0.4 is 0 Å². The molecule has 0 aliphatic heterocycles. The highest BCUT2D eigenvalue weighted by molar-refractivity contribution is 6.31. The van der Waals surface area contributed by atoms with Crippen LogP contribution in [0.5, 0.6) is 0 Å². The van der Waals surface area contributed by atoms with Crippen LogP contribution >= 0.6 is 0 Å². The Labute approximate surface area is 774 Å². The molecule has 28 rings (SSSR count). The summed E-state index contributed by atoms with van der Waals surface area (Å²) in [7, 11) is 0. The molecule has 28 aromatic rings. The van der Waals surface area contributed by atoms with E-state index >= 15 is 0 Å². The van der Waals surface area contributed by atoms with E-state index < -0.39 is 0 Å². The molecule has 0 spiro atoms. The molecule has 0 aliphatic carbocycles. The van der Waals surface area contributed by atoms with Gasteiger partial charge in [-0.3, -0.25) is 9.97 Å². The number of benzene rings is 16. The van der Waals surface area contributed by atoms with Gasteiger partial charge in [-0.25, -0.2) is 9.97 Å². The maximum absolute atomic E-state index is 9.58. The third-order valence-corrected chi connectivity index (χ3v) is 26.0. The van der Waals surface area contributed by atoms with Crippen LogP contribution in [-0.2, 0) is 0 Å². The topological polar surface area (TPSA) is 219 Å². The molecule has 0 saturated carbocycles. The number of pyridine rings is 4. The SMILES string of the molecule is N#Cc1cc(-c2cccc(-n3c4ccccc4c4c5c(ccc43)oc3ccccc35)c2)ccn1.N#Cc1ccc(-c2ccccc2-n2c3ccccc3c3c4c(ccc32)oc2ccccc24)nc1.N#Cc1cccc(-c2ccccc2-n2c3ccccc3c3c4c(ccc32)oc2ccccc24)n1.N#Cc1cnccc1-c1cccc(-n2c3ccccc3c3c4c(ccc32)oc2ccccc24)c1. The largest absolute Gasteiger partial charge is 0.456 e. The van der Waals surface area contributed by atoms with E-state index in [9.17, 15) is 21.0 Å². The second-order valence-corrected chi connectivity index (χ2v) is 33.4. The lowest BCUT2D eigenvalue weighted by atomic mass is 10.0. The molecule has 136 heavy (non-hydrogen) atoms. The number of nitrogens with zero attached hydrogens (tertiary/aromatic N) is 12. The summed E-state index contributed by atoms with van der Waals surface area (Å²) in [5.74, 6) is 0. The fraction of sp³-hybridized carbons (Fsp3) is 0. The smallest absolute Gasteiger partial charge is 0.141 e. The van der Waals surface area contributed by atoms with E-state index in [4.69, 9.17) is 17.7 Å². The summed E-state index contributed by atoms with van der Waals surface area (Å²) in [5.41, 5.74) is 29.6. The van der Waals surface area contributed by atoms with Crippen molar-refractivity contribution in [3.8, 4) is 91.8 Å². The molecule has 632 valence electrons. The molecular formula is C120H68N12O4. The Bertz CT molecular complexity index is 10000. The standard InChI is InChI=1S/4C30H17N3O/c31-18-19-8-7-12-23(32-19)20-9-1-4-13-24(20)33-25-14-5-2-10-21(25)29-26(33)16-17-28-30(29)22-11-3-6-15-27(22)34-28;31-17-19-13-14-23(32-18-19)20-7-1-4-10-24(20)33-25-11-5-2-8-21(25)29-26(33)15-16-28-30(29)22-9-3-6-12-27(22)34-28;31-18-21-16-20(14-15-32-21)19-6-5-7-22(17-19)33-25-10-3-1-8-23(25)29-26(33)12-13-28-30(29)24-9-2-4-11-27(24)34-28;31-17-20-18-32-15-14-22(20)19-6-5-7-21(16-19)33-25-10-3-1-8-23(25)29-26(33)12-13-28-30(29)24-9-2-4-11-27(24)34-28/h1-17H;1-16,18H;1-17H;1-16,18H. The summed E-state index contributed by atoms with van der Waals surface area (Å²) >= 11 is 0. The first-order valence-electron chi connectivity index (χ1n) is 44.5. The number of fused-ring (bicyclic) bond motifs is 28. The molecule has 0 radical (unpaired) electrons. The van der Waals surface area contributed by atoms with E-state index in [2.05, 4.69) is 323 Å². The molecule has 16 aromatic carbocycles. The minimum atomic E-state index is 0.404. The average Bonchev–Trinajstić information content (AvgIpc) is 1.57. The van der Waals surface area contributed by atoms with Crippen LogP contribution in [0.25, 0.3) is 242 Å². The zero-order chi connectivity index (χ0) is 90.6. The van der Waals surface area contributed by atoms with Crippen molar-refractivity contribution in [3.05, 3.63) is 436 Å². The Morgan fingerprint density at radius 1 is 0.228 bits per heavy atom. The maximum Gasteiger partial charge on any atom is 0.141 e. The third kappa shape index (κ3) is 12.8. The van der Waals surface area contributed by atoms with E-state index in [0.717, 1.165) is 199 Å². The van der Waals surface area contributed by atoms with Crippen molar-refractivity contribution in [1.82, 2.24) is 38.2 Å². The second-order valence-electron chi connectivity index (χ2n) is 33.4. The van der Waals surface area contributed by atoms with E-state index in [-0.39, 0.29) is 0 Å². The van der Waals surface area contributed by atoms with Crippen molar-refractivity contribution >= 4 is 175 Å². The van der Waals surface area contributed by atoms with Gasteiger partial charge in [-0.05, 0) is 193 Å². The van der Waals surface area contributed by atoms with Gasteiger partial charge in [0.05, 0.1) is 78.0 Å². The highest BCUT2D eigenvalue weighted by Gasteiger charge is 2.27. The van der Waals surface area contributed by atoms with E-state index in [1.807, 2.05) is 121 Å². The van der Waals surface area contributed by atoms with Crippen molar-refractivity contribution in [2.24, 2.45) is 0 Å². The van der Waals surface area contributed by atoms with Crippen molar-refractivity contribution in [2.75, 3.05) is 0 Å². The van der Waals surface area contributed by atoms with Gasteiger partial charge in [0, 0.05) is 139 Å². The van der Waals surface area contributed by atoms with Gasteiger partial charge in [0.2, 0.25) is 0 Å². The van der Waals surface area contributed by atoms with Gasteiger partial charge < -0.3 is 35.9 Å². The van der Waals surface area contributed by atoms with Crippen molar-refractivity contribution in [2.45, 2.75) is 0 Å². The number of para-hydroxylation sites is 10. The zero-order valence-corrected chi connectivity index (χ0v) is 72.3. The number of aromatic nitrogens is 8. The molecule has 0 bridgehead atoms. The molecule has 0 N–H and O–H groups in total. The third-order valence-electron chi connectivity index (χ3n) is 26.0. The lowest BCUT2D eigenvalue weighted by Gasteiger charge is -2.13. The van der Waals surface area contributed by atoms with Crippen LogP contribution in [0.15, 0.2) is 431 Å². The number of rotatable bonds is 8. The molecule has 0 atom stereocenters. The molecule has 0 fully saturated rings. The Hall–Kier alpha value is -19.5. The van der Waals surface area contributed by atoms with Crippen LogP contribution in [0.1, 0.15) is 22.5 Å². The van der Waals surface area contributed by atoms with Crippen LogP contribution in [0.2, 0.25) is 0 Å². The lowest BCUT2D eigenvalue weighted by molar-refractivity contribution is 0.669. The van der Waals surface area contributed by atoms with Gasteiger partial charge in [-0.1, -0.05) is 212 Å². The minimum absolute atomic E-state index is 0.404. The number of hydrogen-bond acceptors (Lipinski definition) is 12. The quantitative estimate of drug-likeness (QED) is 0.139. The average molecular weight is 1740 g/mol. The summed E-state index contributed by atoms with van der Waals surface area (Å²) in [5, 5.41) is 55.9. The Balaban J connectivity index is 0.0000000965. The first kappa shape index (κ1) is 78.7. The van der Waals surface area contributed by atoms with Crippen LogP contribution in [0.3, 0.4) is 0 Å². The normalized spacial score (nSPS) is 11.5. The summed E-state index contributed by atoms with van der Waals surface area (Å²) in [4.78, 5) is 17.4. The predicted molar refractivity (Wildman–Crippen MR) is 544 cm³/mol. The lowest BCUT2D eigenvalue weighted by Crippen LogP contribution is -1.98. The fourth-order valence-electron chi connectivity index (χ4n) is 20.3. The molecule has 12 aromatic heterocycles. The van der Waals surface area contributed by atoms with E-state index in [1.165, 1.54) is 43.1 Å². The fourth-order valence-corrected chi connectivity index (χ4v) is 20.3. The molecule has 12 heterocycles. The maximum atomic E-state index is 9.58. The summed E-state index contributed by atoms with van der Waals surface area (Å²) < 4.78 is 34.0. The van der Waals surface area contributed by atoms with Crippen LogP contribution in [-0.4, -0.2) is 38.2 Å². The molecule has 0 saturated heterocycles. The molecule has 0 amide bonds. The van der Waals surface area contributed by atoms with E-state index in [0.29, 0.717) is 22.5 Å². The van der Waals surface area contributed by atoms with E-state index in [1.54, 1.807) is 30.9 Å². The van der Waals surface area contributed by atoms with Crippen LogP contribution in [0, 0.1) is 45.3 Å². The van der Waals surface area contributed by atoms with Crippen molar-refractivity contribution < 1.29 is 17.7 Å². The zero-order valence-electron chi connectivity index (χ0n) is 72.3. The van der Waals surface area contributed by atoms with Gasteiger partial charge in [0.15, 0.2) is 0 Å². The van der Waals surface area contributed by atoms with Gasteiger partial charge >= 0.3 is 0 Å². The summed E-state index contributed by atoms with van der Waals surface area (Å²) in [6, 6.07) is 140. The first-order chi connectivity index (χ1) is 67.3. The molecule has 0 aliphatic rings. The van der Waals surface area contributed by atoms with Gasteiger partial charge in [0.25, 0.3) is 0 Å². The predicted octanol–water partition coefficient (Wildman–Crippen LogP) is 30.5. The first-order valence-corrected chi connectivity index (χ1v) is 44.5. The van der Waals surface area contributed by atoms with Gasteiger partial charge in [-0.2, -0.15) is 21.0 Å². The molecule has 16 heteroatoms. The Morgan fingerprint density at radius 2 is 0.618 bits per heavy atom. The number of hydrogen-bond donors (Lipinski definition) is 0. The molecule has 0 unspecified atom stereocenters. The second kappa shape index (κ2) is 32.3. The Morgan fingerprint density at radius 3 is 1.06 bits per heavy atom. The van der Waals surface area contributed by atoms with Gasteiger partial charge in [-0.15, -0.1) is 0 Å². The number of nitriles is 4. The van der Waals surface area contributed by atoms with Crippen molar-refractivity contribution in [3.63, 3.8) is 0 Å². The summed E-state index contributed by atoms with van der Waals surface area (Å²) in [6.07, 6.45) is 6.65. The minimum Gasteiger partial charge on any atom is -0.456 e. The molecule has 16 nitrogen and oxygen atoms in total. The number of furan rings is 4. The monoisotopic (exact) mass is 1740 g/mol. The molecular weight excluding hydrogens is 1670 g/mol.